The molecule has 180 valence electrons. The van der Waals surface area contributed by atoms with E-state index >= 15 is 0 Å². The van der Waals surface area contributed by atoms with Crippen LogP contribution in [0.5, 0.6) is 5.75 Å². The molecular formula is C21H22ClF3N2O6. The van der Waals surface area contributed by atoms with Crippen LogP contribution in [0, 0.1) is 0 Å². The number of carbonyl (C=O) groups excluding carboxylic acids is 3. The van der Waals surface area contributed by atoms with Crippen molar-refractivity contribution in [2.45, 2.75) is 50.4 Å². The zero-order chi connectivity index (χ0) is 24.2. The number of hydrogen-bond acceptors (Lipinski definition) is 6. The van der Waals surface area contributed by atoms with Gasteiger partial charge in [0.05, 0.1) is 24.2 Å². The quantitative estimate of drug-likeness (QED) is 0.552. The molecule has 12 heteroatoms. The zero-order valence-corrected chi connectivity index (χ0v) is 18.1. The van der Waals surface area contributed by atoms with E-state index < -0.39 is 36.5 Å². The third-order valence-electron chi connectivity index (χ3n) is 5.03. The van der Waals surface area contributed by atoms with E-state index in [1.807, 2.05) is 0 Å². The lowest BCUT2D eigenvalue weighted by Gasteiger charge is -2.34. The number of amides is 2. The Balaban J connectivity index is 1.30. The average Bonchev–Trinajstić information content (AvgIpc) is 2.69. The van der Waals surface area contributed by atoms with E-state index in [-0.39, 0.29) is 50.4 Å². The summed E-state index contributed by atoms with van der Waals surface area (Å²) in [5.41, 5.74) is 0.630. The van der Waals surface area contributed by atoms with Crippen LogP contribution in [0.25, 0.3) is 0 Å². The van der Waals surface area contributed by atoms with Crippen molar-refractivity contribution in [2.24, 2.45) is 0 Å². The number of fused-ring (bicyclic) bond motifs is 1. The summed E-state index contributed by atoms with van der Waals surface area (Å²) in [6.45, 7) is 3.57. The number of nitrogens with one attached hydrogen (secondary N) is 2. The number of rotatable bonds is 9. The normalized spacial score (nSPS) is 21.9. The molecule has 0 spiro atoms. The number of halogens is 4. The van der Waals surface area contributed by atoms with Gasteiger partial charge in [0.25, 0.3) is 5.91 Å². The van der Waals surface area contributed by atoms with E-state index in [4.69, 9.17) is 21.1 Å². The van der Waals surface area contributed by atoms with Crippen LogP contribution in [0.15, 0.2) is 30.5 Å². The van der Waals surface area contributed by atoms with Gasteiger partial charge < -0.3 is 20.1 Å². The van der Waals surface area contributed by atoms with Gasteiger partial charge in [-0.1, -0.05) is 18.2 Å². The Kier molecular flexibility index (Phi) is 7.98. The second-order valence-corrected chi connectivity index (χ2v) is 8.09. The zero-order valence-electron chi connectivity index (χ0n) is 17.4. The predicted octanol–water partition coefficient (Wildman–Crippen LogP) is 2.89. The van der Waals surface area contributed by atoms with Crippen molar-refractivity contribution < 1.29 is 41.8 Å². The summed E-state index contributed by atoms with van der Waals surface area (Å²) < 4.78 is 50.8. The molecule has 1 fully saturated rings. The van der Waals surface area contributed by atoms with Gasteiger partial charge in [-0.15, -0.1) is 13.2 Å². The van der Waals surface area contributed by atoms with Crippen molar-refractivity contribution in [3.63, 3.8) is 0 Å². The van der Waals surface area contributed by atoms with Gasteiger partial charge in [-0.3, -0.25) is 19.1 Å². The molecular weight excluding hydrogens is 469 g/mol. The Morgan fingerprint density at radius 3 is 2.67 bits per heavy atom. The van der Waals surface area contributed by atoms with Gasteiger partial charge in [0.1, 0.15) is 12.4 Å². The molecule has 2 N–H and O–H groups in total. The first-order valence-electron chi connectivity index (χ1n) is 10.1. The highest BCUT2D eigenvalue weighted by molar-refractivity contribution is 6.31. The highest BCUT2D eigenvalue weighted by Gasteiger charge is 2.40. The number of benzene rings is 1. The summed E-state index contributed by atoms with van der Waals surface area (Å²) in [5.74, 6) is -0.981. The van der Waals surface area contributed by atoms with Crippen LogP contribution in [0.2, 0.25) is 5.02 Å². The molecule has 1 aliphatic heterocycles. The van der Waals surface area contributed by atoms with E-state index in [1.165, 1.54) is 12.1 Å². The Labute approximate surface area is 192 Å². The molecule has 3 rings (SSSR count). The van der Waals surface area contributed by atoms with E-state index in [2.05, 4.69) is 21.9 Å². The van der Waals surface area contributed by atoms with Gasteiger partial charge in [-0.05, 0) is 18.2 Å². The fourth-order valence-electron chi connectivity index (χ4n) is 3.30. The Morgan fingerprint density at radius 1 is 1.24 bits per heavy atom. The molecule has 1 unspecified atom stereocenters. The minimum atomic E-state index is -4.68. The average molecular weight is 491 g/mol. The fraction of sp³-hybridized carbons (Fsp3) is 0.476. The van der Waals surface area contributed by atoms with E-state index in [9.17, 15) is 27.6 Å². The molecule has 1 aromatic carbocycles. The maximum atomic E-state index is 12.4. The molecule has 1 atom stereocenters. The number of ether oxygens (including phenoxy) is 3. The first-order valence-corrected chi connectivity index (χ1v) is 10.5. The summed E-state index contributed by atoms with van der Waals surface area (Å²) in [6, 6.07) is 4.56. The van der Waals surface area contributed by atoms with Gasteiger partial charge in [-0.25, -0.2) is 0 Å². The third kappa shape index (κ3) is 7.44. The minimum absolute atomic E-state index is 0.0683. The summed E-state index contributed by atoms with van der Waals surface area (Å²) in [4.78, 5) is 36.4. The molecule has 0 saturated heterocycles. The van der Waals surface area contributed by atoms with Crippen LogP contribution < -0.4 is 15.4 Å². The third-order valence-corrected chi connectivity index (χ3v) is 5.26. The highest BCUT2D eigenvalue weighted by atomic mass is 35.5. The molecule has 0 bridgehead atoms. The number of carbonyl (C=O) groups is 3. The Hall–Kier alpha value is -2.63. The molecule has 2 aliphatic rings. The van der Waals surface area contributed by atoms with Crippen molar-refractivity contribution in [2.75, 3.05) is 13.2 Å². The molecule has 8 nitrogen and oxygen atoms in total. The van der Waals surface area contributed by atoms with E-state index in [0.717, 1.165) is 0 Å². The SMILES string of the molecule is C=C(CCNC(=O)COC1CC(OC(F)(F)F)C1)NC(=O)C1CC(=O)c2cc(Cl)ccc2O1. The highest BCUT2D eigenvalue weighted by Crippen LogP contribution is 2.32. The minimum Gasteiger partial charge on any atom is -0.479 e. The van der Waals surface area contributed by atoms with Crippen molar-refractivity contribution >= 4 is 29.2 Å². The van der Waals surface area contributed by atoms with Crippen molar-refractivity contribution in [3.8, 4) is 5.75 Å². The molecule has 33 heavy (non-hydrogen) atoms. The van der Waals surface area contributed by atoms with Crippen LogP contribution in [-0.4, -0.2) is 55.4 Å². The van der Waals surface area contributed by atoms with Crippen LogP contribution >= 0.6 is 11.6 Å². The van der Waals surface area contributed by atoms with Gasteiger partial charge in [0.15, 0.2) is 11.9 Å². The van der Waals surface area contributed by atoms with Gasteiger partial charge in [-0.2, -0.15) is 0 Å². The molecule has 1 saturated carbocycles. The second-order valence-electron chi connectivity index (χ2n) is 7.66. The smallest absolute Gasteiger partial charge is 0.479 e. The number of Topliss-reactive ketones (excluding diaryl/α,β-unsaturated/α-hetero) is 1. The molecule has 1 aliphatic carbocycles. The molecule has 1 aromatic rings. The van der Waals surface area contributed by atoms with Gasteiger partial charge in [0, 0.05) is 36.5 Å². The van der Waals surface area contributed by atoms with Gasteiger partial charge in [0.2, 0.25) is 5.91 Å². The van der Waals surface area contributed by atoms with E-state index in [0.29, 0.717) is 16.3 Å². The summed E-state index contributed by atoms with van der Waals surface area (Å²) >= 11 is 5.87. The van der Waals surface area contributed by atoms with Crippen LogP contribution in [0.1, 0.15) is 36.0 Å². The van der Waals surface area contributed by atoms with Crippen molar-refractivity contribution in [1.82, 2.24) is 10.6 Å². The van der Waals surface area contributed by atoms with Crippen LogP contribution in [0.3, 0.4) is 0 Å². The van der Waals surface area contributed by atoms with Gasteiger partial charge >= 0.3 is 6.36 Å². The fourth-order valence-corrected chi connectivity index (χ4v) is 3.47. The van der Waals surface area contributed by atoms with Crippen LogP contribution in [0.4, 0.5) is 13.2 Å². The predicted molar refractivity (Wildman–Crippen MR) is 110 cm³/mol. The molecule has 2 amide bonds. The monoisotopic (exact) mass is 490 g/mol. The lowest BCUT2D eigenvalue weighted by atomic mass is 9.92. The number of alkyl halides is 3. The maximum Gasteiger partial charge on any atom is 0.522 e. The van der Waals surface area contributed by atoms with E-state index in [1.54, 1.807) is 6.07 Å². The summed E-state index contributed by atoms with van der Waals surface area (Å²) in [5, 5.41) is 5.50. The lowest BCUT2D eigenvalue weighted by Crippen LogP contribution is -2.43. The first-order chi connectivity index (χ1) is 15.5. The lowest BCUT2D eigenvalue weighted by molar-refractivity contribution is -0.357. The number of ketones is 1. The Bertz CT molecular complexity index is 933. The molecule has 0 aromatic heterocycles. The van der Waals surface area contributed by atoms with Crippen molar-refractivity contribution in [3.05, 3.63) is 41.1 Å². The van der Waals surface area contributed by atoms with Crippen LogP contribution in [-0.2, 0) is 19.1 Å². The standard InChI is InChI=1S/C21H22ClF3N2O6/c1-11(4-5-26-19(29)10-31-13-7-14(8-13)33-21(23,24)25)27-20(30)18-9-16(28)15-6-12(22)2-3-17(15)32-18/h2-3,6,13-14,18H,1,4-5,7-10H2,(H,26,29)(H,27,30). The largest absolute Gasteiger partial charge is 0.522 e. The maximum absolute atomic E-state index is 12.4. The summed E-state index contributed by atoms with van der Waals surface area (Å²) in [7, 11) is 0. The Morgan fingerprint density at radius 2 is 1.97 bits per heavy atom. The second kappa shape index (κ2) is 10.5. The van der Waals surface area contributed by atoms with Crippen molar-refractivity contribution in [1.29, 1.82) is 0 Å². The molecule has 0 radical (unpaired) electrons. The first kappa shape index (κ1) is 25.0. The number of hydrogen-bond donors (Lipinski definition) is 2. The topological polar surface area (TPSA) is 103 Å². The molecule has 1 heterocycles. The summed E-state index contributed by atoms with van der Waals surface area (Å²) in [6.07, 6.45) is -6.89.